The second kappa shape index (κ2) is 5.68. The van der Waals surface area contributed by atoms with Crippen molar-refractivity contribution in [3.05, 3.63) is 29.7 Å². The molecule has 0 spiro atoms. The zero-order valence-electron chi connectivity index (χ0n) is 11.4. The molecule has 0 saturated heterocycles. The first kappa shape index (κ1) is 14.0. The van der Waals surface area contributed by atoms with Gasteiger partial charge >= 0.3 is 5.97 Å². The minimum absolute atomic E-state index is 0.0567. The van der Waals surface area contributed by atoms with Gasteiger partial charge in [-0.05, 0) is 25.5 Å². The third-order valence-corrected chi connectivity index (χ3v) is 3.05. The molecule has 0 radical (unpaired) electrons. The van der Waals surface area contributed by atoms with E-state index in [9.17, 15) is 9.59 Å². The molecule has 7 heteroatoms. The molecule has 0 aliphatic rings. The van der Waals surface area contributed by atoms with E-state index in [1.807, 2.05) is 6.92 Å². The lowest BCUT2D eigenvalue weighted by Crippen LogP contribution is -2.28. The highest BCUT2D eigenvalue weighted by atomic mass is 16.4. The van der Waals surface area contributed by atoms with Crippen LogP contribution >= 0.6 is 0 Å². The maximum absolute atomic E-state index is 12.2. The zero-order valence-corrected chi connectivity index (χ0v) is 11.4. The van der Waals surface area contributed by atoms with Crippen molar-refractivity contribution in [2.24, 2.45) is 0 Å². The van der Waals surface area contributed by atoms with E-state index in [0.717, 1.165) is 0 Å². The van der Waals surface area contributed by atoms with Gasteiger partial charge in [-0.25, -0.2) is 0 Å². The van der Waals surface area contributed by atoms with Crippen LogP contribution in [0.15, 0.2) is 18.3 Å². The number of aliphatic carboxylic acids is 1. The van der Waals surface area contributed by atoms with Gasteiger partial charge in [0.15, 0.2) is 5.65 Å². The number of aryl methyl sites for hydroxylation is 1. The van der Waals surface area contributed by atoms with Gasteiger partial charge in [-0.15, -0.1) is 10.2 Å². The fraction of sp³-hybridized carbons (Fsp3) is 0.385. The molecule has 2 rings (SSSR count). The number of rotatable bonds is 5. The van der Waals surface area contributed by atoms with E-state index in [0.29, 0.717) is 30.0 Å². The molecule has 1 amide bonds. The lowest BCUT2D eigenvalue weighted by Gasteiger charge is -2.16. The molecule has 20 heavy (non-hydrogen) atoms. The Morgan fingerprint density at radius 3 is 2.80 bits per heavy atom. The summed E-state index contributed by atoms with van der Waals surface area (Å²) in [6, 6.07) is 3.43. The molecule has 0 unspecified atom stereocenters. The highest BCUT2D eigenvalue weighted by Gasteiger charge is 2.13. The second-order valence-corrected chi connectivity index (χ2v) is 4.62. The van der Waals surface area contributed by atoms with Crippen molar-refractivity contribution in [3.63, 3.8) is 0 Å². The van der Waals surface area contributed by atoms with Crippen LogP contribution < -0.4 is 0 Å². The molecule has 2 aromatic rings. The number of amides is 1. The number of hydrogen-bond acceptors (Lipinski definition) is 4. The van der Waals surface area contributed by atoms with Crippen molar-refractivity contribution >= 4 is 17.5 Å². The average molecular weight is 276 g/mol. The molecule has 2 aromatic heterocycles. The van der Waals surface area contributed by atoms with Crippen LogP contribution in [0.5, 0.6) is 0 Å². The van der Waals surface area contributed by atoms with Gasteiger partial charge in [0.25, 0.3) is 5.91 Å². The summed E-state index contributed by atoms with van der Waals surface area (Å²) in [4.78, 5) is 24.2. The van der Waals surface area contributed by atoms with Crippen molar-refractivity contribution in [2.45, 2.75) is 19.8 Å². The van der Waals surface area contributed by atoms with Crippen LogP contribution in [0, 0.1) is 6.92 Å². The number of carbonyl (C=O) groups is 2. The van der Waals surface area contributed by atoms with Crippen LogP contribution in [-0.2, 0) is 4.79 Å². The molecule has 0 atom stereocenters. The Kier molecular flexibility index (Phi) is 3.97. The SMILES string of the molecule is Cc1nnc2ccc(C(=O)N(C)CCCC(=O)O)cn12. The molecule has 7 nitrogen and oxygen atoms in total. The standard InChI is InChI=1S/C13H16N4O3/c1-9-14-15-11-6-5-10(8-17(9)11)13(20)16(2)7-3-4-12(18)19/h5-6,8H,3-4,7H2,1-2H3,(H,18,19). The van der Waals surface area contributed by atoms with Gasteiger partial charge in [-0.1, -0.05) is 0 Å². The Hall–Kier alpha value is -2.44. The molecule has 0 aliphatic heterocycles. The molecule has 106 valence electrons. The lowest BCUT2D eigenvalue weighted by atomic mass is 10.2. The fourth-order valence-electron chi connectivity index (χ4n) is 1.92. The molecule has 0 bridgehead atoms. The number of aromatic nitrogens is 3. The summed E-state index contributed by atoms with van der Waals surface area (Å²) >= 11 is 0. The monoisotopic (exact) mass is 276 g/mol. The summed E-state index contributed by atoms with van der Waals surface area (Å²) in [6.45, 7) is 2.22. The third-order valence-electron chi connectivity index (χ3n) is 3.05. The van der Waals surface area contributed by atoms with Crippen LogP contribution in [0.1, 0.15) is 29.0 Å². The first-order chi connectivity index (χ1) is 9.49. The highest BCUT2D eigenvalue weighted by Crippen LogP contribution is 2.09. The fourth-order valence-corrected chi connectivity index (χ4v) is 1.92. The topological polar surface area (TPSA) is 87.8 Å². The van der Waals surface area contributed by atoms with Crippen molar-refractivity contribution in [2.75, 3.05) is 13.6 Å². The van der Waals surface area contributed by atoms with E-state index < -0.39 is 5.97 Å². The van der Waals surface area contributed by atoms with E-state index >= 15 is 0 Å². The highest BCUT2D eigenvalue weighted by molar-refractivity contribution is 5.94. The first-order valence-electron chi connectivity index (χ1n) is 6.27. The van der Waals surface area contributed by atoms with Crippen LogP contribution in [0.4, 0.5) is 0 Å². The van der Waals surface area contributed by atoms with E-state index in [1.54, 1.807) is 29.8 Å². The van der Waals surface area contributed by atoms with Gasteiger partial charge < -0.3 is 10.0 Å². The Morgan fingerprint density at radius 1 is 1.35 bits per heavy atom. The molecule has 2 heterocycles. The maximum atomic E-state index is 12.2. The van der Waals surface area contributed by atoms with Crippen LogP contribution in [0.25, 0.3) is 5.65 Å². The minimum atomic E-state index is -0.854. The number of pyridine rings is 1. The normalized spacial score (nSPS) is 10.7. The van der Waals surface area contributed by atoms with Crippen LogP contribution in [0.2, 0.25) is 0 Å². The number of carboxylic acids is 1. The van der Waals surface area contributed by atoms with Crippen molar-refractivity contribution in [1.29, 1.82) is 0 Å². The van der Waals surface area contributed by atoms with Gasteiger partial charge in [0.2, 0.25) is 0 Å². The Morgan fingerprint density at radius 2 is 2.10 bits per heavy atom. The van der Waals surface area contributed by atoms with E-state index in [1.165, 1.54) is 4.90 Å². The summed E-state index contributed by atoms with van der Waals surface area (Å²) < 4.78 is 1.75. The molecule has 0 aliphatic carbocycles. The second-order valence-electron chi connectivity index (χ2n) is 4.62. The smallest absolute Gasteiger partial charge is 0.303 e. The minimum Gasteiger partial charge on any atom is -0.481 e. The summed E-state index contributed by atoms with van der Waals surface area (Å²) in [7, 11) is 1.66. The molecule has 1 N–H and O–H groups in total. The Labute approximate surface area is 115 Å². The Balaban J connectivity index is 2.09. The zero-order chi connectivity index (χ0) is 14.7. The summed E-state index contributed by atoms with van der Waals surface area (Å²) in [6.07, 6.45) is 2.19. The van der Waals surface area contributed by atoms with Crippen LogP contribution in [0.3, 0.4) is 0 Å². The predicted molar refractivity (Wildman–Crippen MR) is 71.6 cm³/mol. The Bertz CT molecular complexity index is 650. The van der Waals surface area contributed by atoms with Crippen molar-refractivity contribution < 1.29 is 14.7 Å². The summed E-state index contributed by atoms with van der Waals surface area (Å²) in [5.74, 6) is -0.291. The predicted octanol–water partition coefficient (Wildman–Crippen LogP) is 0.975. The number of carboxylic acid groups (broad SMARTS) is 1. The summed E-state index contributed by atoms with van der Waals surface area (Å²) in [5.41, 5.74) is 1.21. The van der Waals surface area contributed by atoms with Gasteiger partial charge in [0.1, 0.15) is 5.82 Å². The molecule has 0 saturated carbocycles. The number of fused-ring (bicyclic) bond motifs is 1. The van der Waals surface area contributed by atoms with Gasteiger partial charge in [0, 0.05) is 26.2 Å². The first-order valence-corrected chi connectivity index (χ1v) is 6.27. The maximum Gasteiger partial charge on any atom is 0.303 e. The van der Waals surface area contributed by atoms with Gasteiger partial charge in [-0.3, -0.25) is 14.0 Å². The summed E-state index contributed by atoms with van der Waals surface area (Å²) in [5, 5.41) is 16.5. The number of carbonyl (C=O) groups excluding carboxylic acids is 1. The number of nitrogens with zero attached hydrogens (tertiary/aromatic N) is 4. The quantitative estimate of drug-likeness (QED) is 0.879. The van der Waals surface area contributed by atoms with Gasteiger partial charge in [-0.2, -0.15) is 0 Å². The van der Waals surface area contributed by atoms with E-state index in [4.69, 9.17) is 5.11 Å². The molecular weight excluding hydrogens is 260 g/mol. The molecule has 0 aromatic carbocycles. The molecule has 0 fully saturated rings. The third kappa shape index (κ3) is 2.93. The molecular formula is C13H16N4O3. The van der Waals surface area contributed by atoms with E-state index in [-0.39, 0.29) is 12.3 Å². The average Bonchev–Trinajstić information content (AvgIpc) is 2.78. The largest absolute Gasteiger partial charge is 0.481 e. The number of hydrogen-bond donors (Lipinski definition) is 1. The van der Waals surface area contributed by atoms with Crippen molar-refractivity contribution in [1.82, 2.24) is 19.5 Å². The van der Waals surface area contributed by atoms with E-state index in [2.05, 4.69) is 10.2 Å². The van der Waals surface area contributed by atoms with Crippen LogP contribution in [-0.4, -0.2) is 50.1 Å². The van der Waals surface area contributed by atoms with Crippen molar-refractivity contribution in [3.8, 4) is 0 Å². The van der Waals surface area contributed by atoms with Gasteiger partial charge in [0.05, 0.1) is 5.56 Å². The lowest BCUT2D eigenvalue weighted by molar-refractivity contribution is -0.137.